The minimum Gasteiger partial charge on any atom is -0.393 e. The quantitative estimate of drug-likeness (QED) is 0.471. The fourth-order valence-electron chi connectivity index (χ4n) is 9.86. The monoisotopic (exact) mass is 432 g/mol. The Balaban J connectivity index is 1.49. The Morgan fingerprint density at radius 3 is 2.19 bits per heavy atom. The Kier molecular flexibility index (Phi) is 6.93. The molecule has 31 heavy (non-hydrogen) atoms. The molecule has 4 fully saturated rings. The van der Waals surface area contributed by atoms with Gasteiger partial charge in [0, 0.05) is 0 Å². The van der Waals surface area contributed by atoms with Crippen LogP contribution in [0.1, 0.15) is 112 Å². The highest BCUT2D eigenvalue weighted by molar-refractivity contribution is 5.11. The second-order valence-corrected chi connectivity index (χ2v) is 13.4. The molecular formula is C29H52O2. The van der Waals surface area contributed by atoms with E-state index < -0.39 is 0 Å². The van der Waals surface area contributed by atoms with E-state index in [1.54, 1.807) is 0 Å². The zero-order valence-corrected chi connectivity index (χ0v) is 21.4. The lowest BCUT2D eigenvalue weighted by Crippen LogP contribution is -2.58. The van der Waals surface area contributed by atoms with Crippen LogP contribution in [-0.4, -0.2) is 22.4 Å². The standard InChI is InChI=1S/C29H52O2/c1-7-20(18(2)3)9-8-19(4)23-10-11-24-27-25(13-15-29(23,24)6)28(5)14-12-22(30)16-21(28)17-26(27)31/h18-27,30-31H,7-17H2,1-6H3/t19-,20-,21?,22?,23-,24+,25+,26?,27+,28+,29-/m1/s1. The molecule has 180 valence electrons. The van der Waals surface area contributed by atoms with Gasteiger partial charge in [-0.1, -0.05) is 54.4 Å². The Hall–Kier alpha value is -0.0800. The third-order valence-electron chi connectivity index (χ3n) is 11.9. The Morgan fingerprint density at radius 1 is 0.839 bits per heavy atom. The molecule has 0 heterocycles. The van der Waals surface area contributed by atoms with Gasteiger partial charge in [-0.05, 0) is 116 Å². The van der Waals surface area contributed by atoms with Crippen molar-refractivity contribution in [3.05, 3.63) is 0 Å². The Labute approximate surface area is 193 Å². The molecule has 0 spiro atoms. The second kappa shape index (κ2) is 8.94. The molecule has 0 bridgehead atoms. The first-order chi connectivity index (χ1) is 14.6. The summed E-state index contributed by atoms with van der Waals surface area (Å²) in [7, 11) is 0. The third-order valence-corrected chi connectivity index (χ3v) is 11.9. The van der Waals surface area contributed by atoms with Crippen molar-refractivity contribution >= 4 is 0 Å². The minimum absolute atomic E-state index is 0.134. The van der Waals surface area contributed by atoms with Crippen molar-refractivity contribution in [3.63, 3.8) is 0 Å². The molecule has 3 unspecified atom stereocenters. The molecular weight excluding hydrogens is 380 g/mol. The number of aliphatic hydroxyl groups excluding tert-OH is 2. The minimum atomic E-state index is -0.141. The lowest BCUT2D eigenvalue weighted by atomic mass is 9.43. The first-order valence-electron chi connectivity index (χ1n) is 14.0. The SMILES string of the molecule is CC[C@H](CC[C@@H](C)[C@H]1CC[C@H]2[C@@H]3C(O)CC4CC(O)CC[C@]4(C)[C@H]3CC[C@]12C)C(C)C. The number of hydrogen-bond acceptors (Lipinski definition) is 2. The molecule has 4 saturated carbocycles. The van der Waals surface area contributed by atoms with Gasteiger partial charge in [0.15, 0.2) is 0 Å². The zero-order valence-electron chi connectivity index (χ0n) is 21.4. The summed E-state index contributed by atoms with van der Waals surface area (Å²) in [6.45, 7) is 14.9. The van der Waals surface area contributed by atoms with E-state index in [0.717, 1.165) is 42.9 Å². The predicted octanol–water partition coefficient (Wildman–Crippen LogP) is 7.08. The van der Waals surface area contributed by atoms with E-state index in [1.165, 1.54) is 51.4 Å². The second-order valence-electron chi connectivity index (χ2n) is 13.4. The van der Waals surface area contributed by atoms with Gasteiger partial charge < -0.3 is 10.2 Å². The molecule has 0 radical (unpaired) electrons. The maximum atomic E-state index is 11.4. The summed E-state index contributed by atoms with van der Waals surface area (Å²) in [4.78, 5) is 0. The molecule has 2 nitrogen and oxygen atoms in total. The smallest absolute Gasteiger partial charge is 0.0577 e. The lowest BCUT2D eigenvalue weighted by Gasteiger charge is -2.62. The molecule has 4 rings (SSSR count). The van der Waals surface area contributed by atoms with Crippen molar-refractivity contribution in [2.45, 2.75) is 124 Å². The molecule has 2 heteroatoms. The highest BCUT2D eigenvalue weighted by Crippen LogP contribution is 2.68. The fraction of sp³-hybridized carbons (Fsp3) is 1.00. The van der Waals surface area contributed by atoms with Gasteiger partial charge in [0.2, 0.25) is 0 Å². The average Bonchev–Trinajstić information content (AvgIpc) is 3.06. The van der Waals surface area contributed by atoms with Gasteiger partial charge in [0.05, 0.1) is 12.2 Å². The molecule has 2 N–H and O–H groups in total. The van der Waals surface area contributed by atoms with E-state index in [4.69, 9.17) is 0 Å². The van der Waals surface area contributed by atoms with Crippen molar-refractivity contribution < 1.29 is 10.2 Å². The van der Waals surface area contributed by atoms with E-state index >= 15 is 0 Å². The van der Waals surface area contributed by atoms with Crippen LogP contribution in [0.4, 0.5) is 0 Å². The lowest BCUT2D eigenvalue weighted by molar-refractivity contribution is -0.174. The topological polar surface area (TPSA) is 40.5 Å². The maximum absolute atomic E-state index is 11.4. The summed E-state index contributed by atoms with van der Waals surface area (Å²) in [6, 6.07) is 0. The number of aliphatic hydroxyl groups is 2. The summed E-state index contributed by atoms with van der Waals surface area (Å²) in [5.41, 5.74) is 0.776. The van der Waals surface area contributed by atoms with Gasteiger partial charge in [0.1, 0.15) is 0 Å². The highest BCUT2D eigenvalue weighted by atomic mass is 16.3. The molecule has 0 amide bonds. The summed E-state index contributed by atoms with van der Waals surface area (Å²) in [5, 5.41) is 21.7. The molecule has 0 aliphatic heterocycles. The summed E-state index contributed by atoms with van der Waals surface area (Å²) < 4.78 is 0. The van der Waals surface area contributed by atoms with E-state index in [-0.39, 0.29) is 12.2 Å². The Morgan fingerprint density at radius 2 is 1.52 bits per heavy atom. The molecule has 4 aliphatic rings. The number of rotatable bonds is 6. The average molecular weight is 433 g/mol. The van der Waals surface area contributed by atoms with E-state index in [1.807, 2.05) is 0 Å². The van der Waals surface area contributed by atoms with Crippen molar-refractivity contribution in [2.24, 2.45) is 58.2 Å². The van der Waals surface area contributed by atoms with E-state index in [2.05, 4.69) is 41.5 Å². The van der Waals surface area contributed by atoms with Gasteiger partial charge >= 0.3 is 0 Å². The van der Waals surface area contributed by atoms with Crippen LogP contribution in [0.25, 0.3) is 0 Å². The molecule has 0 aromatic rings. The largest absolute Gasteiger partial charge is 0.393 e. The molecule has 0 saturated heterocycles. The van der Waals surface area contributed by atoms with Crippen LogP contribution in [0.3, 0.4) is 0 Å². The van der Waals surface area contributed by atoms with Crippen LogP contribution in [0.5, 0.6) is 0 Å². The van der Waals surface area contributed by atoms with Gasteiger partial charge in [-0.25, -0.2) is 0 Å². The molecule has 0 aromatic heterocycles. The van der Waals surface area contributed by atoms with E-state index in [0.29, 0.717) is 34.5 Å². The number of hydrogen-bond donors (Lipinski definition) is 2. The van der Waals surface area contributed by atoms with Crippen LogP contribution in [0, 0.1) is 58.2 Å². The van der Waals surface area contributed by atoms with Gasteiger partial charge in [0.25, 0.3) is 0 Å². The van der Waals surface area contributed by atoms with Gasteiger partial charge in [-0.15, -0.1) is 0 Å². The highest BCUT2D eigenvalue weighted by Gasteiger charge is 2.62. The van der Waals surface area contributed by atoms with Gasteiger partial charge in [-0.3, -0.25) is 0 Å². The summed E-state index contributed by atoms with van der Waals surface area (Å²) in [5.74, 6) is 5.75. The predicted molar refractivity (Wildman–Crippen MR) is 130 cm³/mol. The van der Waals surface area contributed by atoms with Gasteiger partial charge in [-0.2, -0.15) is 0 Å². The molecule has 0 aromatic carbocycles. The third kappa shape index (κ3) is 4.05. The molecule has 11 atom stereocenters. The van der Waals surface area contributed by atoms with Crippen LogP contribution in [0.2, 0.25) is 0 Å². The normalized spacial score (nSPS) is 49.3. The van der Waals surface area contributed by atoms with Crippen molar-refractivity contribution in [1.29, 1.82) is 0 Å². The van der Waals surface area contributed by atoms with Crippen molar-refractivity contribution in [3.8, 4) is 0 Å². The first kappa shape index (κ1) is 24.1. The first-order valence-corrected chi connectivity index (χ1v) is 14.0. The van der Waals surface area contributed by atoms with Crippen LogP contribution < -0.4 is 0 Å². The van der Waals surface area contributed by atoms with Crippen molar-refractivity contribution in [1.82, 2.24) is 0 Å². The maximum Gasteiger partial charge on any atom is 0.0577 e. The molecule has 4 aliphatic carbocycles. The van der Waals surface area contributed by atoms with Crippen molar-refractivity contribution in [2.75, 3.05) is 0 Å². The van der Waals surface area contributed by atoms with E-state index in [9.17, 15) is 10.2 Å². The van der Waals surface area contributed by atoms with Crippen LogP contribution in [0.15, 0.2) is 0 Å². The Bertz CT molecular complexity index is 616. The summed E-state index contributed by atoms with van der Waals surface area (Å²) in [6.07, 6.45) is 13.2. The van der Waals surface area contributed by atoms with Crippen LogP contribution in [-0.2, 0) is 0 Å². The summed E-state index contributed by atoms with van der Waals surface area (Å²) >= 11 is 0. The zero-order chi connectivity index (χ0) is 22.6. The number of fused-ring (bicyclic) bond motifs is 5. The fourth-order valence-corrected chi connectivity index (χ4v) is 9.86. The van der Waals surface area contributed by atoms with Crippen LogP contribution >= 0.6 is 0 Å².